The van der Waals surface area contributed by atoms with Crippen molar-refractivity contribution < 1.29 is 13.2 Å². The molecule has 2 bridgehead atoms. The summed E-state index contributed by atoms with van der Waals surface area (Å²) in [5, 5.41) is 12.3. The van der Waals surface area contributed by atoms with E-state index in [4.69, 9.17) is 0 Å². The van der Waals surface area contributed by atoms with Gasteiger partial charge >= 0.3 is 0 Å². The van der Waals surface area contributed by atoms with Crippen LogP contribution in [0.5, 0.6) is 0 Å². The monoisotopic (exact) mass is 576 g/mol. The summed E-state index contributed by atoms with van der Waals surface area (Å²) in [5.41, 5.74) is 0. The summed E-state index contributed by atoms with van der Waals surface area (Å²) in [6.45, 7) is 10.4. The predicted molar refractivity (Wildman–Crippen MR) is 154 cm³/mol. The number of rotatable bonds is 9. The zero-order valence-corrected chi connectivity index (χ0v) is 25.6. The van der Waals surface area contributed by atoms with Crippen LogP contribution in [0.25, 0.3) is 0 Å². The number of nitrogens with one attached hydrogen (secondary N) is 1. The largest absolute Gasteiger partial charge is 0.348 e. The first-order valence-electron chi connectivity index (χ1n) is 14.5. The second-order valence-corrected chi connectivity index (χ2v) is 15.4. The number of aryl methyl sites for hydroxylation is 2. The lowest BCUT2D eigenvalue weighted by Crippen LogP contribution is -2.46. The van der Waals surface area contributed by atoms with Gasteiger partial charge in [0.1, 0.15) is 11.6 Å². The molecule has 0 saturated carbocycles. The Kier molecular flexibility index (Phi) is 8.52. The number of sulfonamides is 1. The van der Waals surface area contributed by atoms with Gasteiger partial charge in [-0.25, -0.2) is 12.7 Å². The van der Waals surface area contributed by atoms with Gasteiger partial charge in [-0.15, -0.1) is 21.5 Å². The Labute approximate surface area is 237 Å². The maximum Gasteiger partial charge on any atom is 0.223 e. The summed E-state index contributed by atoms with van der Waals surface area (Å²) < 4.78 is 27.7. The standard InChI is InChI=1S/C28H44N6O3S2/c1-18(2)27-31-30-20(4)34(27)24-16-22-7-8-23(17-24)33(22)15-12-25(26-9-6-19(3)38-26)29-28(35)21-10-13-32(14-11-21)39(5,36)37/h6,9,18,21-25H,7-8,10-17H2,1-5H3,(H,29,35). The van der Waals surface area contributed by atoms with Crippen molar-refractivity contribution in [1.29, 1.82) is 0 Å². The molecular formula is C28H44N6O3S2. The third-order valence-corrected chi connectivity index (χ3v) is 11.4. The van der Waals surface area contributed by atoms with E-state index in [0.29, 0.717) is 50.0 Å². The Morgan fingerprint density at radius 1 is 1.05 bits per heavy atom. The van der Waals surface area contributed by atoms with Gasteiger partial charge in [0.25, 0.3) is 0 Å². The SMILES string of the molecule is Cc1ccc(C(CCN2C3CCC2CC(n2c(C)nnc2C(C)C)C3)NC(=O)C2CCN(S(C)(=O)=O)CC2)s1. The highest BCUT2D eigenvalue weighted by Crippen LogP contribution is 2.42. The lowest BCUT2D eigenvalue weighted by Gasteiger charge is -2.40. The van der Waals surface area contributed by atoms with Crippen molar-refractivity contribution in [1.82, 2.24) is 29.3 Å². The fourth-order valence-electron chi connectivity index (χ4n) is 7.00. The summed E-state index contributed by atoms with van der Waals surface area (Å²) in [5.74, 6) is 2.41. The number of carbonyl (C=O) groups excluding carboxylic acids is 1. The van der Waals surface area contributed by atoms with Gasteiger partial charge in [0.15, 0.2) is 0 Å². The van der Waals surface area contributed by atoms with Crippen molar-refractivity contribution in [3.05, 3.63) is 33.5 Å². The second-order valence-electron chi connectivity index (χ2n) is 12.1. The maximum atomic E-state index is 13.3. The molecule has 1 amide bonds. The van der Waals surface area contributed by atoms with E-state index in [2.05, 4.69) is 64.8 Å². The van der Waals surface area contributed by atoms with Gasteiger partial charge in [-0.1, -0.05) is 13.8 Å². The van der Waals surface area contributed by atoms with Gasteiger partial charge in [-0.3, -0.25) is 9.69 Å². The van der Waals surface area contributed by atoms with E-state index in [1.54, 1.807) is 11.3 Å². The molecule has 216 valence electrons. The normalized spacial score (nSPS) is 25.8. The highest BCUT2D eigenvalue weighted by Gasteiger charge is 2.42. The number of carbonyl (C=O) groups is 1. The van der Waals surface area contributed by atoms with Crippen molar-refractivity contribution in [2.75, 3.05) is 25.9 Å². The number of fused-ring (bicyclic) bond motifs is 2. The van der Waals surface area contributed by atoms with Crippen LogP contribution in [0.4, 0.5) is 0 Å². The molecule has 3 saturated heterocycles. The lowest BCUT2D eigenvalue weighted by atomic mass is 9.95. The molecule has 3 unspecified atom stereocenters. The zero-order valence-electron chi connectivity index (χ0n) is 24.0. The minimum Gasteiger partial charge on any atom is -0.348 e. The summed E-state index contributed by atoms with van der Waals surface area (Å²) in [6.07, 6.45) is 8.00. The van der Waals surface area contributed by atoms with Crippen LogP contribution in [0.15, 0.2) is 12.1 Å². The first-order valence-corrected chi connectivity index (χ1v) is 17.2. The van der Waals surface area contributed by atoms with Gasteiger partial charge in [0.2, 0.25) is 15.9 Å². The Morgan fingerprint density at radius 3 is 2.28 bits per heavy atom. The highest BCUT2D eigenvalue weighted by molar-refractivity contribution is 7.88. The van der Waals surface area contributed by atoms with Gasteiger partial charge in [0, 0.05) is 59.3 Å². The smallest absolute Gasteiger partial charge is 0.223 e. The zero-order chi connectivity index (χ0) is 27.9. The van der Waals surface area contributed by atoms with Gasteiger partial charge in [-0.2, -0.15) is 0 Å². The number of piperidine rings is 2. The van der Waals surface area contributed by atoms with Crippen molar-refractivity contribution in [2.24, 2.45) is 5.92 Å². The molecule has 3 fully saturated rings. The molecule has 0 radical (unpaired) electrons. The van der Waals surface area contributed by atoms with Crippen molar-refractivity contribution in [3.63, 3.8) is 0 Å². The second kappa shape index (κ2) is 11.6. The Hall–Kier alpha value is -1.82. The average Bonchev–Trinajstić information content (AvgIpc) is 3.56. The van der Waals surface area contributed by atoms with Crippen LogP contribution in [-0.4, -0.2) is 76.3 Å². The Morgan fingerprint density at radius 2 is 1.72 bits per heavy atom. The molecule has 0 aliphatic carbocycles. The molecule has 3 atom stereocenters. The van der Waals surface area contributed by atoms with Crippen molar-refractivity contribution >= 4 is 27.3 Å². The van der Waals surface area contributed by atoms with E-state index in [-0.39, 0.29) is 17.9 Å². The van der Waals surface area contributed by atoms with Crippen LogP contribution in [-0.2, 0) is 14.8 Å². The highest BCUT2D eigenvalue weighted by atomic mass is 32.2. The van der Waals surface area contributed by atoms with Crippen LogP contribution >= 0.6 is 11.3 Å². The van der Waals surface area contributed by atoms with Gasteiger partial charge < -0.3 is 9.88 Å². The van der Waals surface area contributed by atoms with E-state index in [9.17, 15) is 13.2 Å². The van der Waals surface area contributed by atoms with E-state index in [1.165, 1.54) is 33.2 Å². The quantitative estimate of drug-likeness (QED) is 0.481. The minimum absolute atomic E-state index is 0.0195. The molecule has 3 aliphatic heterocycles. The molecule has 11 heteroatoms. The molecule has 5 rings (SSSR count). The van der Waals surface area contributed by atoms with Crippen LogP contribution in [0, 0.1) is 19.8 Å². The average molecular weight is 577 g/mol. The summed E-state index contributed by atoms with van der Waals surface area (Å²) in [6, 6.07) is 5.83. The van der Waals surface area contributed by atoms with Crippen LogP contribution < -0.4 is 5.32 Å². The summed E-state index contributed by atoms with van der Waals surface area (Å²) in [7, 11) is -3.20. The van der Waals surface area contributed by atoms with E-state index in [1.807, 2.05) is 0 Å². The molecule has 1 N–H and O–H groups in total. The first-order chi connectivity index (χ1) is 18.5. The van der Waals surface area contributed by atoms with Crippen LogP contribution in [0.2, 0.25) is 0 Å². The molecule has 0 aromatic carbocycles. The number of nitrogens with zero attached hydrogens (tertiary/aromatic N) is 5. The first kappa shape index (κ1) is 28.7. The van der Waals surface area contributed by atoms with Crippen LogP contribution in [0.1, 0.15) is 98.2 Å². The van der Waals surface area contributed by atoms with Crippen LogP contribution in [0.3, 0.4) is 0 Å². The number of amides is 1. The third-order valence-electron chi connectivity index (χ3n) is 9.02. The number of hydrogen-bond acceptors (Lipinski definition) is 7. The van der Waals surface area contributed by atoms with E-state index in [0.717, 1.165) is 37.5 Å². The molecule has 2 aromatic heterocycles. The molecule has 39 heavy (non-hydrogen) atoms. The molecule has 2 aromatic rings. The number of thiophene rings is 1. The van der Waals surface area contributed by atoms with Gasteiger partial charge in [0.05, 0.1) is 12.3 Å². The minimum atomic E-state index is -3.20. The number of hydrogen-bond donors (Lipinski definition) is 1. The Bertz CT molecular complexity index is 1250. The fraction of sp³-hybridized carbons (Fsp3) is 0.750. The molecule has 5 heterocycles. The molecule has 3 aliphatic rings. The lowest BCUT2D eigenvalue weighted by molar-refractivity contribution is -0.127. The van der Waals surface area contributed by atoms with Crippen molar-refractivity contribution in [3.8, 4) is 0 Å². The van der Waals surface area contributed by atoms with E-state index < -0.39 is 10.0 Å². The Balaban J connectivity index is 1.23. The maximum absolute atomic E-state index is 13.3. The van der Waals surface area contributed by atoms with Gasteiger partial charge in [-0.05, 0) is 70.9 Å². The molecule has 9 nitrogen and oxygen atoms in total. The fourth-order valence-corrected chi connectivity index (χ4v) is 8.83. The summed E-state index contributed by atoms with van der Waals surface area (Å²) >= 11 is 1.76. The molecule has 0 spiro atoms. The van der Waals surface area contributed by atoms with Crippen molar-refractivity contribution in [2.45, 2.75) is 103 Å². The topological polar surface area (TPSA) is 100 Å². The third kappa shape index (κ3) is 6.26. The summed E-state index contributed by atoms with van der Waals surface area (Å²) in [4.78, 5) is 18.5. The number of aromatic nitrogens is 3. The predicted octanol–water partition coefficient (Wildman–Crippen LogP) is 4.17. The van der Waals surface area contributed by atoms with E-state index >= 15 is 0 Å². The molecular weight excluding hydrogens is 532 g/mol.